The van der Waals surface area contributed by atoms with E-state index >= 15 is 0 Å². The van der Waals surface area contributed by atoms with Gasteiger partial charge in [-0.2, -0.15) is 0 Å². The van der Waals surface area contributed by atoms with Crippen LogP contribution in [0.5, 0.6) is 0 Å². The summed E-state index contributed by atoms with van der Waals surface area (Å²) in [6.45, 7) is 2.85. The maximum Gasteiger partial charge on any atom is 0.338 e. The van der Waals surface area contributed by atoms with Gasteiger partial charge in [-0.3, -0.25) is 10.1 Å². The molecule has 0 heterocycles. The lowest BCUT2D eigenvalue weighted by molar-refractivity contribution is -0.384. The molecule has 1 aromatic carbocycles. The number of hydrogen-bond acceptors (Lipinski definition) is 4. The van der Waals surface area contributed by atoms with Gasteiger partial charge in [0.25, 0.3) is 5.69 Å². The maximum atomic E-state index is 11.2. The first-order valence-electron chi connectivity index (χ1n) is 6.73. The number of nitrogens with zero attached hydrogens (tertiary/aromatic N) is 1. The number of aromatic carboxylic acids is 1. The minimum Gasteiger partial charge on any atom is -0.478 e. The Morgan fingerprint density at radius 3 is 2.70 bits per heavy atom. The topological polar surface area (TPSA) is 92.5 Å². The summed E-state index contributed by atoms with van der Waals surface area (Å²) in [4.78, 5) is 21.3. The highest BCUT2D eigenvalue weighted by atomic mass is 16.6. The molecule has 1 aromatic rings. The van der Waals surface area contributed by atoms with Crippen LogP contribution in [0.1, 0.15) is 43.0 Å². The number of benzene rings is 1. The molecule has 0 atom stereocenters. The highest BCUT2D eigenvalue weighted by molar-refractivity contribution is 5.95. The van der Waals surface area contributed by atoms with Gasteiger partial charge in [-0.1, -0.05) is 13.3 Å². The number of nitro benzene ring substituents is 1. The molecule has 0 bridgehead atoms. The maximum absolute atomic E-state index is 11.2. The number of hydrogen-bond donors (Lipinski definition) is 2. The predicted octanol–water partition coefficient (Wildman–Crippen LogP) is 3.29. The number of non-ortho nitro benzene ring substituents is 1. The van der Waals surface area contributed by atoms with Crippen molar-refractivity contribution in [3.63, 3.8) is 0 Å². The molecular weight excluding hydrogens is 260 g/mol. The van der Waals surface area contributed by atoms with E-state index in [1.807, 2.05) is 0 Å². The van der Waals surface area contributed by atoms with Crippen molar-refractivity contribution in [3.05, 3.63) is 33.9 Å². The van der Waals surface area contributed by atoms with Gasteiger partial charge in [0.15, 0.2) is 0 Å². The van der Waals surface area contributed by atoms with Gasteiger partial charge < -0.3 is 10.4 Å². The number of rotatable bonds is 7. The van der Waals surface area contributed by atoms with E-state index in [1.165, 1.54) is 12.1 Å². The van der Waals surface area contributed by atoms with Gasteiger partial charge in [0.1, 0.15) is 0 Å². The second-order valence-electron chi connectivity index (χ2n) is 5.40. The lowest BCUT2D eigenvalue weighted by atomic mass is 10.0. The van der Waals surface area contributed by atoms with Crippen molar-refractivity contribution in [3.8, 4) is 0 Å². The Kier molecular flexibility index (Phi) is 3.92. The Morgan fingerprint density at radius 2 is 2.20 bits per heavy atom. The molecule has 1 aliphatic rings. The van der Waals surface area contributed by atoms with E-state index in [-0.39, 0.29) is 16.7 Å². The minimum absolute atomic E-state index is 0.0495. The van der Waals surface area contributed by atoms with Crippen molar-refractivity contribution >= 4 is 17.3 Å². The number of anilines is 1. The fourth-order valence-corrected chi connectivity index (χ4v) is 2.48. The Balaban J connectivity index is 2.15. The highest BCUT2D eigenvalue weighted by Crippen LogP contribution is 2.49. The zero-order chi connectivity index (χ0) is 14.8. The highest BCUT2D eigenvalue weighted by Gasteiger charge is 2.41. The summed E-state index contributed by atoms with van der Waals surface area (Å²) in [5.74, 6) is -1.16. The Hall–Kier alpha value is -2.11. The lowest BCUT2D eigenvalue weighted by Crippen LogP contribution is -2.17. The van der Waals surface area contributed by atoms with Crippen LogP contribution in [0.2, 0.25) is 0 Å². The number of carbonyl (C=O) groups is 1. The van der Waals surface area contributed by atoms with Crippen molar-refractivity contribution < 1.29 is 14.8 Å². The SMILES string of the molecule is CCCC1(CNc2ccc([N+](=O)[O-])cc2C(=O)O)CC1. The summed E-state index contributed by atoms with van der Waals surface area (Å²) >= 11 is 0. The molecule has 0 saturated heterocycles. The van der Waals surface area contributed by atoms with Gasteiger partial charge in [0.2, 0.25) is 0 Å². The Labute approximate surface area is 117 Å². The fourth-order valence-electron chi connectivity index (χ4n) is 2.48. The largest absolute Gasteiger partial charge is 0.478 e. The molecule has 6 heteroatoms. The fraction of sp³-hybridized carbons (Fsp3) is 0.500. The number of carboxylic acid groups (broad SMARTS) is 1. The van der Waals surface area contributed by atoms with Gasteiger partial charge in [-0.15, -0.1) is 0 Å². The minimum atomic E-state index is -1.16. The van der Waals surface area contributed by atoms with E-state index < -0.39 is 10.9 Å². The van der Waals surface area contributed by atoms with E-state index in [2.05, 4.69) is 12.2 Å². The van der Waals surface area contributed by atoms with Gasteiger partial charge in [-0.25, -0.2) is 4.79 Å². The average molecular weight is 278 g/mol. The molecule has 0 radical (unpaired) electrons. The zero-order valence-electron chi connectivity index (χ0n) is 11.4. The molecule has 2 rings (SSSR count). The summed E-state index contributed by atoms with van der Waals surface area (Å²) in [5.41, 5.74) is 0.478. The summed E-state index contributed by atoms with van der Waals surface area (Å²) in [6.07, 6.45) is 4.54. The standard InChI is InChI=1S/C14H18N2O4/c1-2-5-14(6-7-14)9-15-12-4-3-10(16(19)20)8-11(12)13(17)18/h3-4,8,15H,2,5-7,9H2,1H3,(H,17,18). The molecule has 6 nitrogen and oxygen atoms in total. The molecule has 0 aromatic heterocycles. The second-order valence-corrected chi connectivity index (χ2v) is 5.40. The number of nitrogens with one attached hydrogen (secondary N) is 1. The van der Waals surface area contributed by atoms with Crippen molar-refractivity contribution in [2.45, 2.75) is 32.6 Å². The van der Waals surface area contributed by atoms with Gasteiger partial charge in [0.05, 0.1) is 10.5 Å². The van der Waals surface area contributed by atoms with Crippen LogP contribution in [0.3, 0.4) is 0 Å². The van der Waals surface area contributed by atoms with Gasteiger partial charge in [0, 0.05) is 24.4 Å². The summed E-state index contributed by atoms with van der Waals surface area (Å²) in [7, 11) is 0. The Morgan fingerprint density at radius 1 is 1.50 bits per heavy atom. The molecule has 108 valence electrons. The molecule has 1 fully saturated rings. The molecule has 1 saturated carbocycles. The van der Waals surface area contributed by atoms with Crippen molar-refractivity contribution in [2.75, 3.05) is 11.9 Å². The normalized spacial score (nSPS) is 15.7. The van der Waals surface area contributed by atoms with Crippen LogP contribution >= 0.6 is 0 Å². The Bertz CT molecular complexity index is 538. The van der Waals surface area contributed by atoms with E-state index in [9.17, 15) is 14.9 Å². The number of nitro groups is 1. The molecule has 0 aliphatic heterocycles. The molecule has 0 unspecified atom stereocenters. The third kappa shape index (κ3) is 3.07. The van der Waals surface area contributed by atoms with Gasteiger partial charge >= 0.3 is 5.97 Å². The van der Waals surface area contributed by atoms with Crippen LogP contribution in [-0.4, -0.2) is 22.5 Å². The molecular formula is C14H18N2O4. The smallest absolute Gasteiger partial charge is 0.338 e. The van der Waals surface area contributed by atoms with Crippen LogP contribution in [0.25, 0.3) is 0 Å². The third-order valence-electron chi connectivity index (χ3n) is 3.84. The summed E-state index contributed by atoms with van der Waals surface area (Å²) < 4.78 is 0. The first-order chi connectivity index (χ1) is 9.47. The van der Waals surface area contributed by atoms with Crippen LogP contribution in [0, 0.1) is 15.5 Å². The zero-order valence-corrected chi connectivity index (χ0v) is 11.4. The average Bonchev–Trinajstić information content (AvgIpc) is 3.16. The monoisotopic (exact) mass is 278 g/mol. The van der Waals surface area contributed by atoms with Crippen LogP contribution < -0.4 is 5.32 Å². The molecule has 20 heavy (non-hydrogen) atoms. The lowest BCUT2D eigenvalue weighted by Gasteiger charge is -2.17. The van der Waals surface area contributed by atoms with Crippen LogP contribution in [0.15, 0.2) is 18.2 Å². The van der Waals surface area contributed by atoms with E-state index in [0.717, 1.165) is 38.3 Å². The first kappa shape index (κ1) is 14.3. The van der Waals surface area contributed by atoms with Crippen molar-refractivity contribution in [2.24, 2.45) is 5.41 Å². The first-order valence-corrected chi connectivity index (χ1v) is 6.73. The molecule has 0 spiro atoms. The third-order valence-corrected chi connectivity index (χ3v) is 3.84. The van der Waals surface area contributed by atoms with E-state index in [4.69, 9.17) is 5.11 Å². The molecule has 1 aliphatic carbocycles. The predicted molar refractivity (Wildman–Crippen MR) is 75.1 cm³/mol. The summed E-state index contributed by atoms with van der Waals surface area (Å²) in [5, 5.41) is 23.0. The van der Waals surface area contributed by atoms with Crippen LogP contribution in [0.4, 0.5) is 11.4 Å². The second kappa shape index (κ2) is 5.48. The van der Waals surface area contributed by atoms with E-state index in [1.54, 1.807) is 0 Å². The molecule has 0 amide bonds. The van der Waals surface area contributed by atoms with E-state index in [0.29, 0.717) is 5.69 Å². The molecule has 2 N–H and O–H groups in total. The number of carboxylic acids is 1. The quantitative estimate of drug-likeness (QED) is 0.589. The van der Waals surface area contributed by atoms with Crippen molar-refractivity contribution in [1.29, 1.82) is 0 Å². The summed E-state index contributed by atoms with van der Waals surface area (Å²) in [6, 6.07) is 3.90. The van der Waals surface area contributed by atoms with Crippen LogP contribution in [-0.2, 0) is 0 Å². The van der Waals surface area contributed by atoms with Gasteiger partial charge in [-0.05, 0) is 30.7 Å². The van der Waals surface area contributed by atoms with Crippen molar-refractivity contribution in [1.82, 2.24) is 0 Å².